The summed E-state index contributed by atoms with van der Waals surface area (Å²) >= 11 is 0. The van der Waals surface area contributed by atoms with Gasteiger partial charge in [-0.3, -0.25) is 9.78 Å². The second kappa shape index (κ2) is 8.77. The first-order valence-corrected chi connectivity index (χ1v) is 8.62. The van der Waals surface area contributed by atoms with Gasteiger partial charge in [0.15, 0.2) is 0 Å². The van der Waals surface area contributed by atoms with Gasteiger partial charge in [0.05, 0.1) is 35.3 Å². The van der Waals surface area contributed by atoms with Crippen LogP contribution in [0.4, 0.5) is 21.5 Å². The van der Waals surface area contributed by atoms with E-state index in [4.69, 9.17) is 4.74 Å². The third kappa shape index (κ3) is 4.70. The normalized spacial score (nSPS) is 10.2. The summed E-state index contributed by atoms with van der Waals surface area (Å²) in [5, 5.41) is 5.76. The van der Waals surface area contributed by atoms with E-state index in [0.717, 1.165) is 0 Å². The highest BCUT2D eigenvalue weighted by Gasteiger charge is 2.13. The van der Waals surface area contributed by atoms with Crippen molar-refractivity contribution >= 4 is 28.9 Å². The lowest BCUT2D eigenvalue weighted by atomic mass is 10.1. The zero-order chi connectivity index (χ0) is 19.9. The van der Waals surface area contributed by atoms with Crippen LogP contribution in [0.25, 0.3) is 0 Å². The van der Waals surface area contributed by atoms with Gasteiger partial charge in [-0.15, -0.1) is 0 Å². The maximum Gasteiger partial charge on any atom is 0.340 e. The third-order valence-corrected chi connectivity index (χ3v) is 3.80. The maximum atomic E-state index is 13.0. The van der Waals surface area contributed by atoms with Crippen molar-refractivity contribution in [1.82, 2.24) is 4.98 Å². The van der Waals surface area contributed by atoms with Crippen LogP contribution in [0.5, 0.6) is 0 Å². The van der Waals surface area contributed by atoms with Gasteiger partial charge in [0, 0.05) is 11.9 Å². The number of hydrogen-bond donors (Lipinski definition) is 2. The largest absolute Gasteiger partial charge is 0.462 e. The summed E-state index contributed by atoms with van der Waals surface area (Å²) in [6, 6.07) is 14.0. The van der Waals surface area contributed by atoms with Crippen LogP contribution >= 0.6 is 0 Å². The highest BCUT2D eigenvalue weighted by atomic mass is 19.1. The molecule has 7 heteroatoms. The number of pyridine rings is 1. The van der Waals surface area contributed by atoms with Gasteiger partial charge < -0.3 is 15.4 Å². The predicted molar refractivity (Wildman–Crippen MR) is 104 cm³/mol. The minimum atomic E-state index is -0.441. The molecule has 2 aromatic carbocycles. The lowest BCUT2D eigenvalue weighted by Crippen LogP contribution is -2.13. The van der Waals surface area contributed by atoms with Crippen molar-refractivity contribution in [3.63, 3.8) is 0 Å². The molecule has 0 aliphatic rings. The molecule has 0 saturated heterocycles. The number of anilines is 3. The van der Waals surface area contributed by atoms with E-state index < -0.39 is 5.97 Å². The van der Waals surface area contributed by atoms with Gasteiger partial charge in [-0.2, -0.15) is 0 Å². The monoisotopic (exact) mass is 379 g/mol. The number of carbonyl (C=O) groups is 2. The van der Waals surface area contributed by atoms with Crippen molar-refractivity contribution in [1.29, 1.82) is 0 Å². The summed E-state index contributed by atoms with van der Waals surface area (Å²) in [6.45, 7) is 2.01. The fourth-order valence-electron chi connectivity index (χ4n) is 2.50. The van der Waals surface area contributed by atoms with E-state index in [1.165, 1.54) is 36.7 Å². The predicted octanol–water partition coefficient (Wildman–Crippen LogP) is 4.39. The van der Waals surface area contributed by atoms with Crippen molar-refractivity contribution in [2.75, 3.05) is 17.2 Å². The van der Waals surface area contributed by atoms with E-state index in [1.807, 2.05) is 0 Å². The quantitative estimate of drug-likeness (QED) is 0.621. The molecule has 1 heterocycles. The summed E-state index contributed by atoms with van der Waals surface area (Å²) in [5.74, 6) is -1.21. The van der Waals surface area contributed by atoms with Gasteiger partial charge in [-0.25, -0.2) is 9.18 Å². The van der Waals surface area contributed by atoms with Crippen molar-refractivity contribution in [2.45, 2.75) is 6.92 Å². The molecule has 0 aliphatic carbocycles. The van der Waals surface area contributed by atoms with Crippen molar-refractivity contribution in [2.24, 2.45) is 0 Å². The Hall–Kier alpha value is -3.74. The number of aromatic nitrogens is 1. The molecular formula is C21H18FN3O3. The Kier molecular flexibility index (Phi) is 5.96. The number of nitrogens with zero attached hydrogens (tertiary/aromatic N) is 1. The van der Waals surface area contributed by atoms with Gasteiger partial charge in [-0.05, 0) is 49.4 Å². The summed E-state index contributed by atoms with van der Waals surface area (Å²) in [7, 11) is 0. The Balaban J connectivity index is 1.78. The molecule has 0 unspecified atom stereocenters. The van der Waals surface area contributed by atoms with E-state index in [-0.39, 0.29) is 18.3 Å². The highest BCUT2D eigenvalue weighted by molar-refractivity contribution is 6.04. The first-order valence-electron chi connectivity index (χ1n) is 8.62. The topological polar surface area (TPSA) is 80.3 Å². The van der Waals surface area contributed by atoms with E-state index in [1.54, 1.807) is 37.3 Å². The fraction of sp³-hybridized carbons (Fsp3) is 0.0952. The van der Waals surface area contributed by atoms with Gasteiger partial charge in [0.1, 0.15) is 5.82 Å². The zero-order valence-corrected chi connectivity index (χ0v) is 15.1. The van der Waals surface area contributed by atoms with Gasteiger partial charge in [-0.1, -0.05) is 12.1 Å². The molecule has 0 bridgehead atoms. The minimum Gasteiger partial charge on any atom is -0.462 e. The Labute approximate surface area is 161 Å². The summed E-state index contributed by atoms with van der Waals surface area (Å²) in [5.41, 5.74) is 2.23. The van der Waals surface area contributed by atoms with E-state index in [2.05, 4.69) is 15.6 Å². The zero-order valence-electron chi connectivity index (χ0n) is 15.1. The Morgan fingerprint density at radius 3 is 2.54 bits per heavy atom. The van der Waals surface area contributed by atoms with Crippen LogP contribution in [0.2, 0.25) is 0 Å². The van der Waals surface area contributed by atoms with Crippen LogP contribution in [0.3, 0.4) is 0 Å². The molecule has 0 radical (unpaired) electrons. The second-order valence-electron chi connectivity index (χ2n) is 5.81. The van der Waals surface area contributed by atoms with E-state index in [0.29, 0.717) is 28.2 Å². The molecule has 3 aromatic rings. The van der Waals surface area contributed by atoms with Crippen molar-refractivity contribution < 1.29 is 18.7 Å². The average molecular weight is 379 g/mol. The van der Waals surface area contributed by atoms with Crippen LogP contribution in [0.15, 0.2) is 67.0 Å². The molecule has 28 heavy (non-hydrogen) atoms. The molecule has 3 rings (SSSR count). The summed E-state index contributed by atoms with van der Waals surface area (Å²) < 4.78 is 18.0. The number of para-hydroxylation sites is 1. The van der Waals surface area contributed by atoms with E-state index >= 15 is 0 Å². The lowest BCUT2D eigenvalue weighted by molar-refractivity contribution is 0.0527. The maximum absolute atomic E-state index is 13.0. The standard InChI is InChI=1S/C21H18FN3O3/c1-2-28-21(27)18-5-3-4-6-19(18)24-17-11-14(12-23-13-17)20(26)25-16-9-7-15(22)8-10-16/h3-13,24H,2H2,1H3,(H,25,26). The van der Waals surface area contributed by atoms with Crippen molar-refractivity contribution in [3.05, 3.63) is 83.9 Å². The van der Waals surface area contributed by atoms with Gasteiger partial charge >= 0.3 is 5.97 Å². The number of halogens is 1. The number of benzene rings is 2. The molecule has 0 fully saturated rings. The van der Waals surface area contributed by atoms with Crippen LogP contribution in [0, 0.1) is 5.82 Å². The summed E-state index contributed by atoms with van der Waals surface area (Å²) in [4.78, 5) is 28.6. The molecule has 142 valence electrons. The molecule has 0 saturated carbocycles. The number of carbonyl (C=O) groups excluding carboxylic acids is 2. The number of nitrogens with one attached hydrogen (secondary N) is 2. The Morgan fingerprint density at radius 2 is 1.79 bits per heavy atom. The first kappa shape index (κ1) is 19.0. The van der Waals surface area contributed by atoms with E-state index in [9.17, 15) is 14.0 Å². The van der Waals surface area contributed by atoms with Gasteiger partial charge in [0.2, 0.25) is 0 Å². The fourth-order valence-corrected chi connectivity index (χ4v) is 2.50. The molecular weight excluding hydrogens is 361 g/mol. The SMILES string of the molecule is CCOC(=O)c1ccccc1Nc1cncc(C(=O)Nc2ccc(F)cc2)c1. The second-order valence-corrected chi connectivity index (χ2v) is 5.81. The molecule has 2 N–H and O–H groups in total. The molecule has 6 nitrogen and oxygen atoms in total. The third-order valence-electron chi connectivity index (χ3n) is 3.80. The number of ether oxygens (including phenoxy) is 1. The number of amides is 1. The first-order chi connectivity index (χ1) is 13.6. The molecule has 0 spiro atoms. The molecule has 0 aliphatic heterocycles. The Morgan fingerprint density at radius 1 is 1.04 bits per heavy atom. The highest BCUT2D eigenvalue weighted by Crippen LogP contribution is 2.22. The average Bonchev–Trinajstić information content (AvgIpc) is 2.70. The summed E-state index contributed by atoms with van der Waals surface area (Å²) in [6.07, 6.45) is 2.96. The van der Waals surface area contributed by atoms with Crippen LogP contribution in [0.1, 0.15) is 27.6 Å². The number of esters is 1. The van der Waals surface area contributed by atoms with Crippen molar-refractivity contribution in [3.8, 4) is 0 Å². The lowest BCUT2D eigenvalue weighted by Gasteiger charge is -2.12. The minimum absolute atomic E-state index is 0.272. The molecule has 1 aromatic heterocycles. The smallest absolute Gasteiger partial charge is 0.340 e. The van der Waals surface area contributed by atoms with Gasteiger partial charge in [0.25, 0.3) is 5.91 Å². The Bertz CT molecular complexity index is 990. The number of rotatable bonds is 6. The number of hydrogen-bond acceptors (Lipinski definition) is 5. The van der Waals surface area contributed by atoms with Crippen LogP contribution in [-0.4, -0.2) is 23.5 Å². The van der Waals surface area contributed by atoms with Crippen LogP contribution in [-0.2, 0) is 4.74 Å². The van der Waals surface area contributed by atoms with Crippen LogP contribution < -0.4 is 10.6 Å². The molecule has 0 atom stereocenters. The molecule has 1 amide bonds.